The van der Waals surface area contributed by atoms with E-state index in [0.29, 0.717) is 5.91 Å². The Morgan fingerprint density at radius 1 is 0.265 bits per heavy atom. The zero-order valence-electron chi connectivity index (χ0n) is 34.8. The minimum absolute atomic E-state index is 0.440. The van der Waals surface area contributed by atoms with E-state index in [-0.39, 0.29) is 0 Å². The van der Waals surface area contributed by atoms with Gasteiger partial charge in [-0.25, -0.2) is 0 Å². The van der Waals surface area contributed by atoms with Gasteiger partial charge in [0.1, 0.15) is 0 Å². The Bertz CT molecular complexity index is 563. The molecule has 0 spiro atoms. The minimum Gasteiger partial charge on any atom is -0.343 e. The molecule has 0 bridgehead atoms. The summed E-state index contributed by atoms with van der Waals surface area (Å²) in [6.07, 6.45) is 56.5. The molecule has 0 aliphatic rings. The van der Waals surface area contributed by atoms with Crippen molar-refractivity contribution in [3.05, 3.63) is 0 Å². The summed E-state index contributed by atoms with van der Waals surface area (Å²) >= 11 is 0. The lowest BCUT2D eigenvalue weighted by Gasteiger charge is -2.23. The van der Waals surface area contributed by atoms with E-state index in [1.807, 2.05) is 0 Å². The summed E-state index contributed by atoms with van der Waals surface area (Å²) in [4.78, 5) is 15.3. The first-order valence-corrected chi connectivity index (χ1v) is 23.5. The molecule has 0 aromatic carbocycles. The molecule has 0 rings (SSSR count). The first kappa shape index (κ1) is 48.5. The van der Waals surface area contributed by atoms with Crippen LogP contribution in [-0.2, 0) is 4.79 Å². The van der Waals surface area contributed by atoms with E-state index >= 15 is 0 Å². The minimum atomic E-state index is 0.440. The first-order chi connectivity index (χ1) is 24.3. The number of carbonyl (C=O) groups is 1. The van der Waals surface area contributed by atoms with Gasteiger partial charge < -0.3 is 4.90 Å². The molecule has 0 atom stereocenters. The van der Waals surface area contributed by atoms with Gasteiger partial charge in [0.15, 0.2) is 0 Å². The van der Waals surface area contributed by atoms with Gasteiger partial charge in [-0.15, -0.1) is 0 Å². The topological polar surface area (TPSA) is 20.3 Å². The summed E-state index contributed by atoms with van der Waals surface area (Å²) in [5.41, 5.74) is 0. The SMILES string of the molecule is CCCCCCCCCCCCCCCCCCCCN(CCCCCCCCCCCCCCCCCCCC)C(=O)CCCCCC. The normalized spacial score (nSPS) is 11.5. The maximum atomic E-state index is 13.1. The van der Waals surface area contributed by atoms with E-state index in [1.165, 1.54) is 250 Å². The van der Waals surface area contributed by atoms with Crippen LogP contribution < -0.4 is 0 Å². The Balaban J connectivity index is 3.76. The van der Waals surface area contributed by atoms with Gasteiger partial charge in [-0.3, -0.25) is 4.79 Å². The largest absolute Gasteiger partial charge is 0.343 e. The Hall–Kier alpha value is -0.530. The number of rotatable bonds is 43. The smallest absolute Gasteiger partial charge is 0.222 e. The van der Waals surface area contributed by atoms with E-state index in [2.05, 4.69) is 25.7 Å². The van der Waals surface area contributed by atoms with Gasteiger partial charge in [0.25, 0.3) is 0 Å². The number of unbranched alkanes of at least 4 members (excludes halogenated alkanes) is 37. The quantitative estimate of drug-likeness (QED) is 0.0584. The molecule has 2 nitrogen and oxygen atoms in total. The van der Waals surface area contributed by atoms with Crippen LogP contribution in [0.1, 0.15) is 284 Å². The van der Waals surface area contributed by atoms with Crippen molar-refractivity contribution in [3.8, 4) is 0 Å². The lowest BCUT2D eigenvalue weighted by molar-refractivity contribution is -0.131. The summed E-state index contributed by atoms with van der Waals surface area (Å²) in [7, 11) is 0. The summed E-state index contributed by atoms with van der Waals surface area (Å²) in [6, 6.07) is 0. The van der Waals surface area contributed by atoms with Crippen LogP contribution in [0.25, 0.3) is 0 Å². The van der Waals surface area contributed by atoms with E-state index in [0.717, 1.165) is 25.9 Å². The van der Waals surface area contributed by atoms with Crippen molar-refractivity contribution in [2.24, 2.45) is 0 Å². The van der Waals surface area contributed by atoms with Gasteiger partial charge in [-0.2, -0.15) is 0 Å². The molecular formula is C47H95NO. The highest BCUT2D eigenvalue weighted by molar-refractivity contribution is 5.76. The summed E-state index contributed by atoms with van der Waals surface area (Å²) in [5, 5.41) is 0. The molecule has 0 heterocycles. The molecule has 49 heavy (non-hydrogen) atoms. The molecule has 0 N–H and O–H groups in total. The molecule has 0 fully saturated rings. The van der Waals surface area contributed by atoms with E-state index in [1.54, 1.807) is 0 Å². The fourth-order valence-corrected chi connectivity index (χ4v) is 7.63. The second-order valence-corrected chi connectivity index (χ2v) is 16.2. The molecule has 0 saturated heterocycles. The molecule has 0 aliphatic carbocycles. The zero-order valence-corrected chi connectivity index (χ0v) is 34.8. The molecule has 0 aromatic heterocycles. The summed E-state index contributed by atoms with van der Waals surface area (Å²) in [6.45, 7) is 8.87. The monoisotopic (exact) mass is 690 g/mol. The molecule has 0 unspecified atom stereocenters. The molecule has 0 radical (unpaired) electrons. The third kappa shape index (κ3) is 40.1. The predicted molar refractivity (Wildman–Crippen MR) is 223 cm³/mol. The number of carbonyl (C=O) groups excluding carboxylic acids is 1. The van der Waals surface area contributed by atoms with Crippen molar-refractivity contribution in [1.29, 1.82) is 0 Å². The first-order valence-electron chi connectivity index (χ1n) is 23.5. The van der Waals surface area contributed by atoms with Gasteiger partial charge in [0.2, 0.25) is 5.91 Å². The molecular weight excluding hydrogens is 595 g/mol. The van der Waals surface area contributed by atoms with Crippen LogP contribution in [-0.4, -0.2) is 23.9 Å². The van der Waals surface area contributed by atoms with Crippen LogP contribution in [0, 0.1) is 0 Å². The zero-order chi connectivity index (χ0) is 35.6. The van der Waals surface area contributed by atoms with Crippen LogP contribution in [0.3, 0.4) is 0 Å². The van der Waals surface area contributed by atoms with Crippen molar-refractivity contribution in [1.82, 2.24) is 4.90 Å². The van der Waals surface area contributed by atoms with Crippen LogP contribution in [0.4, 0.5) is 0 Å². The Morgan fingerprint density at radius 2 is 0.449 bits per heavy atom. The Kier molecular flexibility index (Phi) is 43.2. The standard InChI is InChI=1S/C47H95NO/c1-4-7-10-13-15-17-19-21-23-25-27-29-31-33-35-37-39-42-45-48(47(49)44-41-12-9-6-3)46-43-40-38-36-34-32-30-28-26-24-22-20-18-16-14-11-8-5-2/h4-46H2,1-3H3. The van der Waals surface area contributed by atoms with Crippen molar-refractivity contribution >= 4 is 5.91 Å². The van der Waals surface area contributed by atoms with Crippen LogP contribution >= 0.6 is 0 Å². The highest BCUT2D eigenvalue weighted by Crippen LogP contribution is 2.17. The van der Waals surface area contributed by atoms with Crippen molar-refractivity contribution < 1.29 is 4.79 Å². The van der Waals surface area contributed by atoms with Gasteiger partial charge in [-0.1, -0.05) is 258 Å². The van der Waals surface area contributed by atoms with Crippen LogP contribution in [0.2, 0.25) is 0 Å². The molecule has 0 aliphatic heterocycles. The highest BCUT2D eigenvalue weighted by atomic mass is 16.2. The molecule has 294 valence electrons. The van der Waals surface area contributed by atoms with Crippen molar-refractivity contribution in [2.75, 3.05) is 13.1 Å². The summed E-state index contributed by atoms with van der Waals surface area (Å²) < 4.78 is 0. The van der Waals surface area contributed by atoms with Crippen LogP contribution in [0.15, 0.2) is 0 Å². The molecule has 1 amide bonds. The number of nitrogens with zero attached hydrogens (tertiary/aromatic N) is 1. The third-order valence-electron chi connectivity index (χ3n) is 11.2. The van der Waals surface area contributed by atoms with Gasteiger partial charge >= 0.3 is 0 Å². The average Bonchev–Trinajstić information content (AvgIpc) is 3.11. The lowest BCUT2D eigenvalue weighted by Crippen LogP contribution is -2.32. The van der Waals surface area contributed by atoms with Crippen molar-refractivity contribution in [3.63, 3.8) is 0 Å². The lowest BCUT2D eigenvalue weighted by atomic mass is 10.0. The fourth-order valence-electron chi connectivity index (χ4n) is 7.63. The maximum Gasteiger partial charge on any atom is 0.222 e. The second-order valence-electron chi connectivity index (χ2n) is 16.2. The highest BCUT2D eigenvalue weighted by Gasteiger charge is 2.12. The molecule has 0 aromatic rings. The van der Waals surface area contributed by atoms with Gasteiger partial charge in [0.05, 0.1) is 0 Å². The Labute approximate surface area is 311 Å². The van der Waals surface area contributed by atoms with Crippen molar-refractivity contribution in [2.45, 2.75) is 284 Å². The Morgan fingerprint density at radius 3 is 0.673 bits per heavy atom. The fraction of sp³-hybridized carbons (Fsp3) is 0.979. The number of hydrogen-bond acceptors (Lipinski definition) is 1. The second kappa shape index (κ2) is 43.6. The maximum absolute atomic E-state index is 13.1. The number of hydrogen-bond donors (Lipinski definition) is 0. The molecule has 2 heteroatoms. The van der Waals surface area contributed by atoms with E-state index in [9.17, 15) is 4.79 Å². The summed E-state index contributed by atoms with van der Waals surface area (Å²) in [5.74, 6) is 0.440. The van der Waals surface area contributed by atoms with Gasteiger partial charge in [0, 0.05) is 19.5 Å². The molecule has 0 saturated carbocycles. The van der Waals surface area contributed by atoms with Crippen LogP contribution in [0.5, 0.6) is 0 Å². The van der Waals surface area contributed by atoms with Gasteiger partial charge in [-0.05, 0) is 19.3 Å². The van der Waals surface area contributed by atoms with E-state index in [4.69, 9.17) is 0 Å². The predicted octanol–water partition coefficient (Wildman–Crippen LogP) is 16.9. The third-order valence-corrected chi connectivity index (χ3v) is 11.2. The number of amides is 1. The van der Waals surface area contributed by atoms with E-state index < -0.39 is 0 Å². The average molecular weight is 690 g/mol.